The van der Waals surface area contributed by atoms with E-state index in [4.69, 9.17) is 0 Å². The number of hydrogen-bond acceptors (Lipinski definition) is 6. The number of carboxylic acids is 3. The first-order valence-corrected chi connectivity index (χ1v) is 14.5. The summed E-state index contributed by atoms with van der Waals surface area (Å²) in [6.07, 6.45) is 17.0. The minimum Gasteiger partial charge on any atom is -0.550 e. The molecule has 1 radical (unpaired) electrons. The summed E-state index contributed by atoms with van der Waals surface area (Å²) >= 11 is 0. The van der Waals surface area contributed by atoms with E-state index in [1.54, 1.807) is 0 Å². The molecule has 0 heterocycles. The molecule has 0 aliphatic carbocycles. The number of unbranched alkanes of at least 4 members (excludes halogenated alkanes) is 9. The SMILES string of the molecule is CC(C)CCCCCCC(=O)[O-].CC(C)CCCCCCC(=O)[O-].CC(C)CCCCCCC(=O)[O-].[Ce+3]. The third-order valence-electron chi connectivity index (χ3n) is 5.74. The van der Waals surface area contributed by atoms with E-state index in [1.165, 1.54) is 38.5 Å². The van der Waals surface area contributed by atoms with Gasteiger partial charge in [0.2, 0.25) is 0 Å². The van der Waals surface area contributed by atoms with Crippen molar-refractivity contribution in [2.45, 2.75) is 157 Å². The van der Waals surface area contributed by atoms with Crippen LogP contribution < -0.4 is 15.3 Å². The molecule has 0 aromatic carbocycles. The summed E-state index contributed by atoms with van der Waals surface area (Å²) in [6, 6.07) is 0. The van der Waals surface area contributed by atoms with Crippen molar-refractivity contribution < 1.29 is 71.5 Å². The van der Waals surface area contributed by atoms with Crippen LogP contribution >= 0.6 is 0 Å². The number of carbonyl (C=O) groups excluding carboxylic acids is 3. The fourth-order valence-electron chi connectivity index (χ4n) is 3.53. The van der Waals surface area contributed by atoms with Gasteiger partial charge in [-0.2, -0.15) is 0 Å². The zero-order valence-electron chi connectivity index (χ0n) is 24.9. The Morgan fingerprint density at radius 1 is 0.405 bits per heavy atom. The van der Waals surface area contributed by atoms with E-state index in [2.05, 4.69) is 41.5 Å². The molecule has 0 saturated heterocycles. The van der Waals surface area contributed by atoms with Gasteiger partial charge >= 0.3 is 41.7 Å². The maximum Gasteiger partial charge on any atom is 3.00 e. The maximum atomic E-state index is 10.0. The summed E-state index contributed by atoms with van der Waals surface area (Å²) in [5.74, 6) is -0.444. The Labute approximate surface area is 262 Å². The van der Waals surface area contributed by atoms with E-state index < -0.39 is 17.9 Å². The smallest absolute Gasteiger partial charge is 0.550 e. The molecule has 0 atom stereocenters. The summed E-state index contributed by atoms with van der Waals surface area (Å²) in [4.78, 5) is 30.1. The third kappa shape index (κ3) is 56.9. The summed E-state index contributed by atoms with van der Waals surface area (Å²) < 4.78 is 0. The minimum absolute atomic E-state index is 0. The van der Waals surface area contributed by atoms with Gasteiger partial charge in [-0.3, -0.25) is 0 Å². The Morgan fingerprint density at radius 3 is 0.757 bits per heavy atom. The zero-order chi connectivity index (χ0) is 28.2. The van der Waals surface area contributed by atoms with Crippen molar-refractivity contribution in [1.29, 1.82) is 0 Å². The molecule has 6 nitrogen and oxygen atoms in total. The Kier molecular flexibility index (Phi) is 40.1. The molecule has 0 aromatic heterocycles. The summed E-state index contributed by atoms with van der Waals surface area (Å²) in [5, 5.41) is 30.1. The van der Waals surface area contributed by atoms with E-state index in [9.17, 15) is 29.7 Å². The molecule has 0 spiro atoms. The first-order valence-electron chi connectivity index (χ1n) is 14.5. The Balaban J connectivity index is -0.000000218. The minimum atomic E-state index is -0.918. The van der Waals surface area contributed by atoms with Crippen LogP contribution in [-0.4, -0.2) is 17.9 Å². The molecular weight excluding hydrogens is 596 g/mol. The van der Waals surface area contributed by atoms with Crippen molar-refractivity contribution in [3.05, 3.63) is 0 Å². The Morgan fingerprint density at radius 2 is 0.595 bits per heavy atom. The normalized spacial score (nSPS) is 10.3. The van der Waals surface area contributed by atoms with Crippen LogP contribution in [0, 0.1) is 59.5 Å². The molecule has 0 N–H and O–H groups in total. The quantitative estimate of drug-likeness (QED) is 0.157. The Hall–Kier alpha value is -0.213. The number of hydrogen-bond donors (Lipinski definition) is 0. The molecule has 7 heteroatoms. The first kappa shape index (κ1) is 43.8. The number of rotatable bonds is 21. The van der Waals surface area contributed by atoms with Crippen molar-refractivity contribution >= 4 is 17.9 Å². The van der Waals surface area contributed by atoms with Gasteiger partial charge in [0.25, 0.3) is 0 Å². The standard InChI is InChI=1S/3C10H20O2.Ce/c3*1-9(2)7-5-3-4-6-8-10(11)12;/h3*9H,3-8H2,1-2H3,(H,11,12);/q;;;+3/p-3. The van der Waals surface area contributed by atoms with Crippen LogP contribution in [0.4, 0.5) is 0 Å². The van der Waals surface area contributed by atoms with E-state index in [0.717, 1.165) is 75.5 Å². The fourth-order valence-corrected chi connectivity index (χ4v) is 3.53. The first-order chi connectivity index (χ1) is 16.9. The van der Waals surface area contributed by atoms with Crippen LogP contribution in [-0.2, 0) is 14.4 Å². The van der Waals surface area contributed by atoms with Gasteiger partial charge in [0, 0.05) is 17.9 Å². The average molecular weight is 654 g/mol. The van der Waals surface area contributed by atoms with Gasteiger partial charge < -0.3 is 29.7 Å². The van der Waals surface area contributed by atoms with E-state index >= 15 is 0 Å². The van der Waals surface area contributed by atoms with Gasteiger partial charge in [-0.05, 0) is 56.3 Å². The van der Waals surface area contributed by atoms with Crippen LogP contribution in [0.3, 0.4) is 0 Å². The summed E-state index contributed by atoms with van der Waals surface area (Å²) in [6.45, 7) is 13.3. The van der Waals surface area contributed by atoms with Crippen molar-refractivity contribution in [1.82, 2.24) is 0 Å². The second-order valence-electron chi connectivity index (χ2n) is 11.2. The summed E-state index contributed by atoms with van der Waals surface area (Å²) in [7, 11) is 0. The zero-order valence-corrected chi connectivity index (χ0v) is 28.0. The number of carbonyl (C=O) groups is 3. The molecule has 217 valence electrons. The predicted molar refractivity (Wildman–Crippen MR) is 143 cm³/mol. The average Bonchev–Trinajstić information content (AvgIpc) is 2.75. The fraction of sp³-hybridized carbons (Fsp3) is 0.900. The van der Waals surface area contributed by atoms with Gasteiger partial charge in [-0.15, -0.1) is 0 Å². The van der Waals surface area contributed by atoms with E-state index in [1.807, 2.05) is 0 Å². The maximum absolute atomic E-state index is 10.0. The molecule has 0 amide bonds. The second kappa shape index (κ2) is 33.8. The number of carboxylic acid groups (broad SMARTS) is 3. The van der Waals surface area contributed by atoms with Crippen LogP contribution in [0.15, 0.2) is 0 Å². The molecule has 0 fully saturated rings. The van der Waals surface area contributed by atoms with E-state index in [-0.39, 0.29) is 61.0 Å². The molecule has 37 heavy (non-hydrogen) atoms. The molecule has 0 aliphatic rings. The van der Waals surface area contributed by atoms with Crippen molar-refractivity contribution in [2.24, 2.45) is 17.8 Å². The molecule has 0 rings (SSSR count). The third-order valence-corrected chi connectivity index (χ3v) is 5.74. The Bertz CT molecular complexity index is 435. The molecule has 0 aliphatic heterocycles. The topological polar surface area (TPSA) is 120 Å². The summed E-state index contributed by atoms with van der Waals surface area (Å²) in [5.41, 5.74) is 0. The van der Waals surface area contributed by atoms with Crippen molar-refractivity contribution in [2.75, 3.05) is 0 Å². The monoisotopic (exact) mass is 653 g/mol. The van der Waals surface area contributed by atoms with Gasteiger partial charge in [0.05, 0.1) is 0 Å². The van der Waals surface area contributed by atoms with Crippen molar-refractivity contribution in [3.63, 3.8) is 0 Å². The predicted octanol–water partition coefficient (Wildman–Crippen LogP) is 5.20. The van der Waals surface area contributed by atoms with Crippen LogP contribution in [0.5, 0.6) is 0 Å². The van der Waals surface area contributed by atoms with E-state index in [0.29, 0.717) is 0 Å². The van der Waals surface area contributed by atoms with Crippen LogP contribution in [0.2, 0.25) is 0 Å². The molecule has 0 saturated carbocycles. The second-order valence-corrected chi connectivity index (χ2v) is 11.2. The molecule has 0 bridgehead atoms. The van der Waals surface area contributed by atoms with Gasteiger partial charge in [0.1, 0.15) is 0 Å². The van der Waals surface area contributed by atoms with Crippen LogP contribution in [0.25, 0.3) is 0 Å². The largest absolute Gasteiger partial charge is 3.00 e. The van der Waals surface area contributed by atoms with Crippen LogP contribution in [0.1, 0.15) is 157 Å². The van der Waals surface area contributed by atoms with Gasteiger partial charge in [-0.1, -0.05) is 119 Å². The molecule has 0 aromatic rings. The molecular formula is C30H57CeO6. The van der Waals surface area contributed by atoms with Gasteiger partial charge in [-0.25, -0.2) is 0 Å². The number of aliphatic carboxylic acids is 3. The molecule has 0 unspecified atom stereocenters. The van der Waals surface area contributed by atoms with Crippen molar-refractivity contribution in [3.8, 4) is 0 Å². The van der Waals surface area contributed by atoms with Gasteiger partial charge in [0.15, 0.2) is 0 Å².